The molecule has 0 bridgehead atoms. The number of aromatic nitrogens is 2. The van der Waals surface area contributed by atoms with Crippen LogP contribution in [0, 0.1) is 5.92 Å². The fraction of sp³-hybridized carbons (Fsp3) is 0.692. The highest BCUT2D eigenvalue weighted by atomic mass is 16.5. The van der Waals surface area contributed by atoms with Crippen molar-refractivity contribution in [2.75, 3.05) is 7.11 Å². The van der Waals surface area contributed by atoms with Crippen molar-refractivity contribution in [2.24, 2.45) is 5.92 Å². The molecule has 0 aromatic carbocycles. The van der Waals surface area contributed by atoms with Crippen LogP contribution in [0.5, 0.6) is 0 Å². The largest absolute Gasteiger partial charge is 0.373 e. The van der Waals surface area contributed by atoms with E-state index in [2.05, 4.69) is 29.1 Å². The van der Waals surface area contributed by atoms with Gasteiger partial charge in [-0.05, 0) is 5.92 Å². The number of nitrogens with one attached hydrogen (secondary N) is 2. The highest BCUT2D eigenvalue weighted by Crippen LogP contribution is 2.20. The third kappa shape index (κ3) is 4.23. The molecule has 1 aromatic heterocycles. The zero-order valence-corrected chi connectivity index (χ0v) is 11.8. The molecule has 1 unspecified atom stereocenters. The second-order valence-corrected chi connectivity index (χ2v) is 5.06. The zero-order chi connectivity index (χ0) is 13.7. The Morgan fingerprint density at radius 3 is 2.56 bits per heavy atom. The van der Waals surface area contributed by atoms with Gasteiger partial charge in [0, 0.05) is 25.8 Å². The molecule has 0 saturated carbocycles. The molecule has 1 heterocycles. The molecule has 5 nitrogen and oxygen atoms in total. The first-order valence-electron chi connectivity index (χ1n) is 6.30. The van der Waals surface area contributed by atoms with Crippen molar-refractivity contribution in [2.45, 2.75) is 46.4 Å². The summed E-state index contributed by atoms with van der Waals surface area (Å²) in [6.07, 6.45) is -0.184. The Morgan fingerprint density at radius 2 is 2.06 bits per heavy atom. The van der Waals surface area contributed by atoms with Crippen molar-refractivity contribution in [3.63, 3.8) is 0 Å². The van der Waals surface area contributed by atoms with Gasteiger partial charge in [0.05, 0.1) is 5.69 Å². The molecule has 0 spiro atoms. The van der Waals surface area contributed by atoms with Crippen LogP contribution in [0.1, 0.15) is 45.3 Å². The molecule has 0 fully saturated rings. The van der Waals surface area contributed by atoms with Crippen molar-refractivity contribution < 1.29 is 4.74 Å². The number of nitrogens with zero attached hydrogens (tertiary/aromatic N) is 1. The Balaban J connectivity index is 2.96. The smallest absolute Gasteiger partial charge is 0.251 e. The SMILES string of the molecule is COC(c1nc(CNC(C)C)cc(=O)[nH]1)C(C)C. The molecule has 0 amide bonds. The van der Waals surface area contributed by atoms with E-state index >= 15 is 0 Å². The number of hydrogen-bond acceptors (Lipinski definition) is 4. The van der Waals surface area contributed by atoms with Crippen molar-refractivity contribution in [1.82, 2.24) is 15.3 Å². The number of methoxy groups -OCH3 is 1. The first-order chi connectivity index (χ1) is 8.43. The fourth-order valence-corrected chi connectivity index (χ4v) is 1.76. The Kier molecular flexibility index (Phi) is 5.50. The summed E-state index contributed by atoms with van der Waals surface area (Å²) in [5.74, 6) is 0.854. The van der Waals surface area contributed by atoms with Crippen molar-refractivity contribution in [1.29, 1.82) is 0 Å². The molecule has 102 valence electrons. The Hall–Kier alpha value is -1.20. The van der Waals surface area contributed by atoms with E-state index < -0.39 is 0 Å². The molecule has 0 radical (unpaired) electrons. The van der Waals surface area contributed by atoms with E-state index in [1.807, 2.05) is 13.8 Å². The third-order valence-corrected chi connectivity index (χ3v) is 2.63. The topological polar surface area (TPSA) is 67.0 Å². The molecule has 5 heteroatoms. The number of aromatic amines is 1. The second-order valence-electron chi connectivity index (χ2n) is 5.06. The van der Waals surface area contributed by atoms with Crippen LogP contribution in [0.4, 0.5) is 0 Å². The highest BCUT2D eigenvalue weighted by Gasteiger charge is 2.18. The second kappa shape index (κ2) is 6.66. The van der Waals surface area contributed by atoms with Crippen LogP contribution >= 0.6 is 0 Å². The Morgan fingerprint density at radius 1 is 1.39 bits per heavy atom. The van der Waals surface area contributed by atoms with E-state index in [9.17, 15) is 4.79 Å². The van der Waals surface area contributed by atoms with Gasteiger partial charge in [0.1, 0.15) is 11.9 Å². The lowest BCUT2D eigenvalue weighted by Crippen LogP contribution is -2.25. The zero-order valence-electron chi connectivity index (χ0n) is 11.8. The maximum atomic E-state index is 11.6. The summed E-state index contributed by atoms with van der Waals surface area (Å²) in [5.41, 5.74) is 0.605. The van der Waals surface area contributed by atoms with Crippen molar-refractivity contribution in [3.8, 4) is 0 Å². The highest BCUT2D eigenvalue weighted by molar-refractivity contribution is 5.05. The predicted molar refractivity (Wildman–Crippen MR) is 71.4 cm³/mol. The minimum absolute atomic E-state index is 0.136. The van der Waals surface area contributed by atoms with Crippen LogP contribution in [0.2, 0.25) is 0 Å². The lowest BCUT2D eigenvalue weighted by Gasteiger charge is -2.18. The van der Waals surface area contributed by atoms with E-state index in [-0.39, 0.29) is 17.6 Å². The van der Waals surface area contributed by atoms with Gasteiger partial charge in [0.15, 0.2) is 0 Å². The fourth-order valence-electron chi connectivity index (χ4n) is 1.76. The van der Waals surface area contributed by atoms with E-state index in [1.54, 1.807) is 7.11 Å². The molecule has 0 saturated heterocycles. The van der Waals surface area contributed by atoms with Gasteiger partial charge in [-0.25, -0.2) is 4.98 Å². The maximum Gasteiger partial charge on any atom is 0.251 e. The number of ether oxygens (including phenoxy) is 1. The monoisotopic (exact) mass is 253 g/mol. The molecule has 18 heavy (non-hydrogen) atoms. The lowest BCUT2D eigenvalue weighted by atomic mass is 10.1. The summed E-state index contributed by atoms with van der Waals surface area (Å²) in [6.45, 7) is 8.77. The van der Waals surface area contributed by atoms with E-state index in [1.165, 1.54) is 6.07 Å². The average Bonchev–Trinajstić information content (AvgIpc) is 2.26. The van der Waals surface area contributed by atoms with Crippen LogP contribution in [-0.2, 0) is 11.3 Å². The summed E-state index contributed by atoms with van der Waals surface area (Å²) in [6, 6.07) is 1.88. The molecular formula is C13H23N3O2. The van der Waals surface area contributed by atoms with Crippen LogP contribution < -0.4 is 10.9 Å². The van der Waals surface area contributed by atoms with Gasteiger partial charge in [-0.1, -0.05) is 27.7 Å². The van der Waals surface area contributed by atoms with Gasteiger partial charge in [-0.15, -0.1) is 0 Å². The molecular weight excluding hydrogens is 230 g/mol. The Bertz CT molecular complexity index is 426. The first kappa shape index (κ1) is 14.9. The van der Waals surface area contributed by atoms with Crippen molar-refractivity contribution in [3.05, 3.63) is 27.9 Å². The molecule has 1 aromatic rings. The first-order valence-corrected chi connectivity index (χ1v) is 6.30. The third-order valence-electron chi connectivity index (χ3n) is 2.63. The minimum Gasteiger partial charge on any atom is -0.373 e. The quantitative estimate of drug-likeness (QED) is 0.808. The number of hydrogen-bond donors (Lipinski definition) is 2. The number of H-pyrrole nitrogens is 1. The van der Waals surface area contributed by atoms with Gasteiger partial charge in [0.2, 0.25) is 0 Å². The lowest BCUT2D eigenvalue weighted by molar-refractivity contribution is 0.0570. The number of rotatable bonds is 6. The normalized spacial score (nSPS) is 13.3. The maximum absolute atomic E-state index is 11.6. The molecule has 0 aliphatic carbocycles. The predicted octanol–water partition coefficient (Wildman–Crippen LogP) is 1.61. The van der Waals surface area contributed by atoms with E-state index in [0.29, 0.717) is 18.4 Å². The summed E-state index contributed by atoms with van der Waals surface area (Å²) in [4.78, 5) is 18.8. The molecule has 1 atom stereocenters. The summed E-state index contributed by atoms with van der Waals surface area (Å²) >= 11 is 0. The summed E-state index contributed by atoms with van der Waals surface area (Å²) in [5, 5.41) is 3.25. The van der Waals surface area contributed by atoms with Gasteiger partial charge < -0.3 is 15.0 Å². The van der Waals surface area contributed by atoms with Crippen LogP contribution in [0.3, 0.4) is 0 Å². The average molecular weight is 253 g/mol. The van der Waals surface area contributed by atoms with Gasteiger partial charge in [-0.2, -0.15) is 0 Å². The standard InChI is InChI=1S/C13H23N3O2/c1-8(2)12(18-5)13-15-10(6-11(17)16-13)7-14-9(3)4/h6,8-9,12,14H,7H2,1-5H3,(H,15,16,17). The van der Waals surface area contributed by atoms with Gasteiger partial charge in [0.25, 0.3) is 5.56 Å². The molecule has 2 N–H and O–H groups in total. The van der Waals surface area contributed by atoms with E-state index in [4.69, 9.17) is 4.74 Å². The Labute approximate surface area is 108 Å². The van der Waals surface area contributed by atoms with Crippen LogP contribution in [0.15, 0.2) is 10.9 Å². The van der Waals surface area contributed by atoms with Gasteiger partial charge in [-0.3, -0.25) is 4.79 Å². The van der Waals surface area contributed by atoms with Crippen LogP contribution in [-0.4, -0.2) is 23.1 Å². The molecule has 0 aliphatic rings. The summed E-state index contributed by atoms with van der Waals surface area (Å²) in [7, 11) is 1.63. The van der Waals surface area contributed by atoms with E-state index in [0.717, 1.165) is 5.69 Å². The van der Waals surface area contributed by atoms with Gasteiger partial charge >= 0.3 is 0 Å². The molecule has 1 rings (SSSR count). The van der Waals surface area contributed by atoms with Crippen LogP contribution in [0.25, 0.3) is 0 Å². The summed E-state index contributed by atoms with van der Waals surface area (Å²) < 4.78 is 5.38. The minimum atomic E-state index is -0.184. The molecule has 0 aliphatic heterocycles. The van der Waals surface area contributed by atoms with Crippen molar-refractivity contribution >= 4 is 0 Å².